The third-order valence-electron chi connectivity index (χ3n) is 4.57. The Bertz CT molecular complexity index is 1150. The molecule has 1 aliphatic heterocycles. The Kier molecular flexibility index (Phi) is 5.96. The van der Waals surface area contributed by atoms with Gasteiger partial charge in [0, 0.05) is 36.6 Å². The fourth-order valence-electron chi connectivity index (χ4n) is 3.08. The summed E-state index contributed by atoms with van der Waals surface area (Å²) in [6.45, 7) is 2.86. The van der Waals surface area contributed by atoms with Gasteiger partial charge in [-0.25, -0.2) is 17.2 Å². The van der Waals surface area contributed by atoms with Crippen molar-refractivity contribution in [3.05, 3.63) is 66.4 Å². The molecular formula is C20H19F2N5O3S. The highest BCUT2D eigenvalue weighted by atomic mass is 32.2. The Labute approximate surface area is 177 Å². The molecule has 0 saturated carbocycles. The normalized spacial score (nSPS) is 14.3. The fraction of sp³-hybridized carbons (Fsp3) is 0.200. The van der Waals surface area contributed by atoms with Gasteiger partial charge in [-0.1, -0.05) is 0 Å². The number of sulfonamides is 1. The largest absolute Gasteiger partial charge is 0.378 e. The number of hydrogen-bond donors (Lipinski definition) is 2. The first-order valence-electron chi connectivity index (χ1n) is 9.40. The van der Waals surface area contributed by atoms with Gasteiger partial charge < -0.3 is 15.0 Å². The van der Waals surface area contributed by atoms with Crippen LogP contribution in [0.1, 0.15) is 0 Å². The number of hydrogen-bond acceptors (Lipinski definition) is 7. The minimum Gasteiger partial charge on any atom is -0.378 e. The lowest BCUT2D eigenvalue weighted by molar-refractivity contribution is 0.122. The van der Waals surface area contributed by atoms with Gasteiger partial charge in [0.1, 0.15) is 11.6 Å². The van der Waals surface area contributed by atoms with E-state index in [2.05, 4.69) is 25.1 Å². The molecule has 1 fully saturated rings. The molecule has 3 aromatic rings. The Balaban J connectivity index is 1.45. The molecule has 0 bridgehead atoms. The average Bonchev–Trinajstić information content (AvgIpc) is 2.75. The molecule has 0 unspecified atom stereocenters. The van der Waals surface area contributed by atoms with Gasteiger partial charge in [-0.3, -0.25) is 4.72 Å². The van der Waals surface area contributed by atoms with E-state index in [1.165, 1.54) is 12.1 Å². The summed E-state index contributed by atoms with van der Waals surface area (Å²) in [5, 5.41) is 11.2. The number of nitrogens with one attached hydrogen (secondary N) is 2. The molecule has 11 heteroatoms. The molecule has 0 amide bonds. The number of ether oxygens (including phenoxy) is 1. The van der Waals surface area contributed by atoms with Gasteiger partial charge in [0.05, 0.1) is 30.0 Å². The molecule has 162 valence electrons. The van der Waals surface area contributed by atoms with Crippen LogP contribution < -0.4 is 14.9 Å². The zero-order chi connectivity index (χ0) is 21.8. The van der Waals surface area contributed by atoms with Crippen LogP contribution in [-0.4, -0.2) is 44.9 Å². The Hall–Kier alpha value is -3.31. The second-order valence-electron chi connectivity index (χ2n) is 6.81. The van der Waals surface area contributed by atoms with Crippen LogP contribution in [0.4, 0.5) is 31.7 Å². The van der Waals surface area contributed by atoms with Crippen molar-refractivity contribution >= 4 is 32.9 Å². The molecule has 0 radical (unpaired) electrons. The van der Waals surface area contributed by atoms with Crippen LogP contribution >= 0.6 is 0 Å². The molecule has 2 N–H and O–H groups in total. The number of morpholine rings is 1. The van der Waals surface area contributed by atoms with Gasteiger partial charge in [-0.05, 0) is 36.4 Å². The molecule has 1 aliphatic rings. The van der Waals surface area contributed by atoms with Gasteiger partial charge in [0.25, 0.3) is 10.0 Å². The van der Waals surface area contributed by atoms with E-state index in [1.54, 1.807) is 18.3 Å². The van der Waals surface area contributed by atoms with E-state index in [1.807, 2.05) is 6.07 Å². The smallest absolute Gasteiger partial charge is 0.262 e. The van der Waals surface area contributed by atoms with Crippen LogP contribution in [0.5, 0.6) is 0 Å². The topological polar surface area (TPSA) is 96.5 Å². The van der Waals surface area contributed by atoms with E-state index in [0.29, 0.717) is 30.8 Å². The van der Waals surface area contributed by atoms with E-state index in [4.69, 9.17) is 4.74 Å². The summed E-state index contributed by atoms with van der Waals surface area (Å²) in [5.41, 5.74) is 1.82. The van der Waals surface area contributed by atoms with Crippen LogP contribution in [0.25, 0.3) is 0 Å². The van der Waals surface area contributed by atoms with Gasteiger partial charge in [-0.15, -0.1) is 5.10 Å². The van der Waals surface area contributed by atoms with Crippen LogP contribution in [0.3, 0.4) is 0 Å². The van der Waals surface area contributed by atoms with Crippen LogP contribution in [0.15, 0.2) is 59.6 Å². The van der Waals surface area contributed by atoms with Gasteiger partial charge >= 0.3 is 0 Å². The highest BCUT2D eigenvalue weighted by molar-refractivity contribution is 7.92. The summed E-state index contributed by atoms with van der Waals surface area (Å²) in [6.07, 6.45) is 1.68. The summed E-state index contributed by atoms with van der Waals surface area (Å²) >= 11 is 0. The van der Waals surface area contributed by atoms with Crippen LogP contribution in [-0.2, 0) is 14.8 Å². The molecule has 8 nitrogen and oxygen atoms in total. The Morgan fingerprint density at radius 3 is 2.26 bits per heavy atom. The van der Waals surface area contributed by atoms with E-state index < -0.39 is 26.6 Å². The van der Waals surface area contributed by atoms with E-state index in [-0.39, 0.29) is 5.69 Å². The second-order valence-corrected chi connectivity index (χ2v) is 8.49. The lowest BCUT2D eigenvalue weighted by Gasteiger charge is -2.28. The highest BCUT2D eigenvalue weighted by Gasteiger charge is 2.17. The molecule has 31 heavy (non-hydrogen) atoms. The van der Waals surface area contributed by atoms with Gasteiger partial charge in [0.2, 0.25) is 0 Å². The zero-order valence-corrected chi connectivity index (χ0v) is 17.1. The number of benzene rings is 2. The van der Waals surface area contributed by atoms with Crippen molar-refractivity contribution < 1.29 is 21.9 Å². The molecule has 1 saturated heterocycles. The predicted octanol–water partition coefficient (Wildman–Crippen LogP) is 3.14. The van der Waals surface area contributed by atoms with Crippen LogP contribution in [0.2, 0.25) is 0 Å². The first-order chi connectivity index (χ1) is 14.9. The summed E-state index contributed by atoms with van der Waals surface area (Å²) in [4.78, 5) is 1.65. The maximum absolute atomic E-state index is 13.3. The molecule has 2 aromatic carbocycles. The first kappa shape index (κ1) is 20.9. The van der Waals surface area contributed by atoms with E-state index in [9.17, 15) is 17.2 Å². The monoisotopic (exact) mass is 447 g/mol. The van der Waals surface area contributed by atoms with Gasteiger partial charge in [0.15, 0.2) is 5.82 Å². The standard InChI is InChI=1S/C20H19F2N5O3S/c21-14-9-15(22)11-19(10-14)31(28,29)26-17-3-1-16(2-4-17)24-20-12-18(13-23-25-20)27-5-7-30-8-6-27/h1-4,9-13,26H,5-8H2,(H,24,25). The molecule has 1 aromatic heterocycles. The molecule has 0 aliphatic carbocycles. The Morgan fingerprint density at radius 2 is 1.58 bits per heavy atom. The number of nitrogens with zero attached hydrogens (tertiary/aromatic N) is 3. The highest BCUT2D eigenvalue weighted by Crippen LogP contribution is 2.23. The quantitative estimate of drug-likeness (QED) is 0.599. The first-order valence-corrected chi connectivity index (χ1v) is 10.9. The number of rotatable bonds is 6. The maximum Gasteiger partial charge on any atom is 0.262 e. The van der Waals surface area contributed by atoms with Crippen LogP contribution in [0, 0.1) is 11.6 Å². The van der Waals surface area contributed by atoms with Crippen molar-refractivity contribution in [2.45, 2.75) is 4.90 Å². The molecule has 0 atom stereocenters. The summed E-state index contributed by atoms with van der Waals surface area (Å²) < 4.78 is 59.1. The maximum atomic E-state index is 13.3. The van der Waals surface area contributed by atoms with E-state index >= 15 is 0 Å². The fourth-order valence-corrected chi connectivity index (χ4v) is 4.18. The SMILES string of the molecule is O=S(=O)(Nc1ccc(Nc2cc(N3CCOCC3)cnn2)cc1)c1cc(F)cc(F)c1. The molecular weight excluding hydrogens is 428 g/mol. The zero-order valence-electron chi connectivity index (χ0n) is 16.3. The molecule has 4 rings (SSSR count). The summed E-state index contributed by atoms with van der Waals surface area (Å²) in [5.74, 6) is -1.41. The average molecular weight is 447 g/mol. The lowest BCUT2D eigenvalue weighted by atomic mass is 10.3. The minimum atomic E-state index is -4.14. The van der Waals surface area contributed by atoms with Crippen molar-refractivity contribution in [3.63, 3.8) is 0 Å². The van der Waals surface area contributed by atoms with Crippen molar-refractivity contribution in [3.8, 4) is 0 Å². The van der Waals surface area contributed by atoms with Crippen molar-refractivity contribution in [2.24, 2.45) is 0 Å². The second kappa shape index (κ2) is 8.82. The Morgan fingerprint density at radius 1 is 0.935 bits per heavy atom. The number of halogens is 2. The third-order valence-corrected chi connectivity index (χ3v) is 5.93. The van der Waals surface area contributed by atoms with Crippen molar-refractivity contribution in [2.75, 3.05) is 41.2 Å². The number of anilines is 4. The van der Waals surface area contributed by atoms with Gasteiger partial charge in [-0.2, -0.15) is 5.10 Å². The van der Waals surface area contributed by atoms with E-state index in [0.717, 1.165) is 30.9 Å². The molecule has 2 heterocycles. The third kappa shape index (κ3) is 5.25. The molecule has 0 spiro atoms. The summed E-state index contributed by atoms with van der Waals surface area (Å²) in [6, 6.07) is 10.3. The predicted molar refractivity (Wildman–Crippen MR) is 112 cm³/mol. The number of aromatic nitrogens is 2. The lowest BCUT2D eigenvalue weighted by Crippen LogP contribution is -2.36. The van der Waals surface area contributed by atoms with Crippen molar-refractivity contribution in [1.29, 1.82) is 0 Å². The van der Waals surface area contributed by atoms with Crippen molar-refractivity contribution in [1.82, 2.24) is 10.2 Å². The summed E-state index contributed by atoms with van der Waals surface area (Å²) in [7, 11) is -4.14. The minimum absolute atomic E-state index is 0.239.